The summed E-state index contributed by atoms with van der Waals surface area (Å²) in [5, 5.41) is 2.16. The Balaban J connectivity index is 1.45. The van der Waals surface area contributed by atoms with Crippen molar-refractivity contribution in [1.82, 2.24) is 0 Å². The minimum atomic E-state index is 1.27. The van der Waals surface area contributed by atoms with Gasteiger partial charge in [0.1, 0.15) is 0 Å². The van der Waals surface area contributed by atoms with Gasteiger partial charge >= 0.3 is 0 Å². The Morgan fingerprint density at radius 3 is 2.13 bits per heavy atom. The molecule has 0 fully saturated rings. The van der Waals surface area contributed by atoms with E-state index >= 15 is 0 Å². The molecule has 2 aromatic rings. The van der Waals surface area contributed by atoms with Crippen LogP contribution >= 0.6 is 34.4 Å². The van der Waals surface area contributed by atoms with Gasteiger partial charge < -0.3 is 0 Å². The summed E-state index contributed by atoms with van der Waals surface area (Å²) in [5.41, 5.74) is 0. The highest BCUT2D eigenvalue weighted by molar-refractivity contribution is 7.98. The first-order valence-corrected chi connectivity index (χ1v) is 12.1. The molecule has 0 radical (unpaired) electrons. The van der Waals surface area contributed by atoms with Crippen molar-refractivity contribution in [3.8, 4) is 9.75 Å². The molecule has 0 aromatic carbocycles. The maximum atomic E-state index is 2.33. The lowest BCUT2D eigenvalue weighted by Crippen LogP contribution is -1.84. The van der Waals surface area contributed by atoms with Gasteiger partial charge in [-0.1, -0.05) is 51.0 Å². The zero-order chi connectivity index (χ0) is 16.2. The van der Waals surface area contributed by atoms with E-state index in [9.17, 15) is 0 Å². The average molecular weight is 367 g/mol. The summed E-state index contributed by atoms with van der Waals surface area (Å²) in [7, 11) is 0. The molecule has 0 aliphatic heterocycles. The van der Waals surface area contributed by atoms with Crippen molar-refractivity contribution in [2.45, 2.75) is 64.2 Å². The fourth-order valence-electron chi connectivity index (χ4n) is 2.85. The quantitative estimate of drug-likeness (QED) is 0.325. The van der Waals surface area contributed by atoms with Crippen LogP contribution in [0.1, 0.15) is 62.7 Å². The Kier molecular flexibility index (Phi) is 10.1. The Morgan fingerprint density at radius 1 is 0.783 bits per heavy atom. The lowest BCUT2D eigenvalue weighted by Gasteiger charge is -2.02. The second-order valence-electron chi connectivity index (χ2n) is 6.17. The zero-order valence-electron chi connectivity index (χ0n) is 14.4. The molecule has 2 heterocycles. The van der Waals surface area contributed by atoms with E-state index in [1.807, 2.05) is 34.4 Å². The van der Waals surface area contributed by atoms with Crippen LogP contribution in [0.25, 0.3) is 9.75 Å². The molecule has 2 aromatic heterocycles. The van der Waals surface area contributed by atoms with Crippen LogP contribution in [0.3, 0.4) is 0 Å². The third-order valence-electron chi connectivity index (χ3n) is 4.20. The van der Waals surface area contributed by atoms with Gasteiger partial charge in [-0.3, -0.25) is 0 Å². The maximum Gasteiger partial charge on any atom is 0.0445 e. The van der Waals surface area contributed by atoms with Crippen LogP contribution < -0.4 is 0 Å². The van der Waals surface area contributed by atoms with Gasteiger partial charge in [0.05, 0.1) is 0 Å². The molecule has 128 valence electrons. The van der Waals surface area contributed by atoms with Crippen molar-refractivity contribution in [2.24, 2.45) is 0 Å². The van der Waals surface area contributed by atoms with Crippen molar-refractivity contribution < 1.29 is 0 Å². The lowest BCUT2D eigenvalue weighted by atomic mass is 10.1. The number of hydrogen-bond donors (Lipinski definition) is 0. The van der Waals surface area contributed by atoms with Gasteiger partial charge in [-0.2, -0.15) is 11.8 Å². The van der Waals surface area contributed by atoms with Crippen molar-refractivity contribution >= 4 is 34.4 Å². The molecule has 23 heavy (non-hydrogen) atoms. The van der Waals surface area contributed by atoms with Crippen LogP contribution in [-0.4, -0.2) is 12.0 Å². The van der Waals surface area contributed by atoms with E-state index < -0.39 is 0 Å². The number of thioether (sulfide) groups is 1. The summed E-state index contributed by atoms with van der Waals surface area (Å²) in [4.78, 5) is 4.41. The number of unbranched alkanes of at least 4 members (excludes halogenated alkanes) is 8. The summed E-state index contributed by atoms with van der Waals surface area (Å²) >= 11 is 5.80. The van der Waals surface area contributed by atoms with E-state index in [0.29, 0.717) is 0 Å². The van der Waals surface area contributed by atoms with Gasteiger partial charge in [-0.05, 0) is 54.9 Å². The van der Waals surface area contributed by atoms with Crippen LogP contribution in [0.2, 0.25) is 0 Å². The molecule has 3 heteroatoms. The monoisotopic (exact) mass is 366 g/mol. The number of aryl methyl sites for hydroxylation is 1. The molecule has 0 amide bonds. The second-order valence-corrected chi connectivity index (χ2v) is 9.27. The van der Waals surface area contributed by atoms with Crippen LogP contribution in [0.5, 0.6) is 0 Å². The first kappa shape index (κ1) is 19.1. The SMILES string of the molecule is CSCCCCCCCCCCCc1ccc(-c2cccs2)s1. The maximum absolute atomic E-state index is 2.33. The molecule has 0 unspecified atom stereocenters. The van der Waals surface area contributed by atoms with E-state index in [0.717, 1.165) is 0 Å². The molecule has 0 saturated carbocycles. The van der Waals surface area contributed by atoms with Crippen LogP contribution in [0.15, 0.2) is 29.6 Å². The summed E-state index contributed by atoms with van der Waals surface area (Å²) in [6, 6.07) is 8.99. The Labute approximate surface area is 154 Å². The van der Waals surface area contributed by atoms with Crippen LogP contribution in [0, 0.1) is 0 Å². The van der Waals surface area contributed by atoms with E-state index in [2.05, 4.69) is 35.9 Å². The highest BCUT2D eigenvalue weighted by Crippen LogP contribution is 2.32. The van der Waals surface area contributed by atoms with E-state index in [1.165, 1.54) is 79.7 Å². The Morgan fingerprint density at radius 2 is 1.48 bits per heavy atom. The fourth-order valence-corrected chi connectivity index (χ4v) is 5.22. The summed E-state index contributed by atoms with van der Waals surface area (Å²) < 4.78 is 0. The largest absolute Gasteiger partial charge is 0.165 e. The predicted octanol–water partition coefficient (Wildman–Crippen LogP) is 7.89. The van der Waals surface area contributed by atoms with E-state index in [1.54, 1.807) is 4.88 Å². The van der Waals surface area contributed by atoms with Crippen molar-refractivity contribution in [3.05, 3.63) is 34.5 Å². The topological polar surface area (TPSA) is 0 Å². The number of hydrogen-bond acceptors (Lipinski definition) is 3. The van der Waals surface area contributed by atoms with Gasteiger partial charge in [0, 0.05) is 14.6 Å². The van der Waals surface area contributed by atoms with E-state index in [4.69, 9.17) is 0 Å². The molecule has 0 aliphatic carbocycles. The lowest BCUT2D eigenvalue weighted by molar-refractivity contribution is 0.566. The first-order valence-electron chi connectivity index (χ1n) is 9.01. The molecular weight excluding hydrogens is 336 g/mol. The molecule has 0 spiro atoms. The summed E-state index contributed by atoms with van der Waals surface area (Å²) in [6.45, 7) is 0. The second kappa shape index (κ2) is 12.2. The minimum Gasteiger partial charge on any atom is -0.165 e. The molecule has 0 atom stereocenters. The van der Waals surface area contributed by atoms with Gasteiger partial charge in [0.2, 0.25) is 0 Å². The van der Waals surface area contributed by atoms with E-state index in [-0.39, 0.29) is 0 Å². The van der Waals surface area contributed by atoms with Crippen molar-refractivity contribution in [2.75, 3.05) is 12.0 Å². The Hall–Kier alpha value is -0.250. The van der Waals surface area contributed by atoms with Gasteiger partial charge in [-0.25, -0.2) is 0 Å². The van der Waals surface area contributed by atoms with Crippen LogP contribution in [0.4, 0.5) is 0 Å². The highest BCUT2D eigenvalue weighted by atomic mass is 32.2. The molecule has 0 bridgehead atoms. The highest BCUT2D eigenvalue weighted by Gasteiger charge is 2.03. The normalized spacial score (nSPS) is 11.2. The van der Waals surface area contributed by atoms with Crippen molar-refractivity contribution in [1.29, 1.82) is 0 Å². The standard InChI is InChI=1S/C20H30S3/c1-21-16-10-8-6-4-2-3-5-7-9-12-18-14-15-20(23-18)19-13-11-17-22-19/h11,13-15,17H,2-10,12,16H2,1H3. The van der Waals surface area contributed by atoms with Gasteiger partial charge in [0.15, 0.2) is 0 Å². The third kappa shape index (κ3) is 7.91. The average Bonchev–Trinajstić information content (AvgIpc) is 3.23. The fraction of sp³-hybridized carbons (Fsp3) is 0.600. The number of thiophene rings is 2. The van der Waals surface area contributed by atoms with Gasteiger partial charge in [-0.15, -0.1) is 22.7 Å². The van der Waals surface area contributed by atoms with Crippen LogP contribution in [-0.2, 0) is 6.42 Å². The Bertz CT molecular complexity index is 499. The van der Waals surface area contributed by atoms with Crippen molar-refractivity contribution in [3.63, 3.8) is 0 Å². The molecule has 2 rings (SSSR count). The zero-order valence-corrected chi connectivity index (χ0v) is 16.8. The predicted molar refractivity (Wildman–Crippen MR) is 111 cm³/mol. The summed E-state index contributed by atoms with van der Waals surface area (Å²) in [5.74, 6) is 1.34. The minimum absolute atomic E-state index is 1.27. The molecule has 0 saturated heterocycles. The molecule has 0 aliphatic rings. The third-order valence-corrected chi connectivity index (χ3v) is 7.10. The first-order chi connectivity index (χ1) is 11.4. The summed E-state index contributed by atoms with van der Waals surface area (Å²) in [6.07, 6.45) is 16.3. The smallest absolute Gasteiger partial charge is 0.0445 e. The molecule has 0 N–H and O–H groups in total. The molecule has 0 nitrogen and oxygen atoms in total. The molecular formula is C20H30S3. The number of rotatable bonds is 13. The van der Waals surface area contributed by atoms with Gasteiger partial charge in [0.25, 0.3) is 0 Å².